The molecule has 1 heterocycles. The normalized spacial score (nSPS) is 14.0. The van der Waals surface area contributed by atoms with Gasteiger partial charge in [-0.05, 0) is 53.9 Å². The molecule has 4 rings (SSSR count). The number of benzene rings is 3. The van der Waals surface area contributed by atoms with Crippen LogP contribution in [0.2, 0.25) is 5.02 Å². The summed E-state index contributed by atoms with van der Waals surface area (Å²) in [6, 6.07) is 17.3. The van der Waals surface area contributed by atoms with Crippen molar-refractivity contribution >= 4 is 55.6 Å². The summed E-state index contributed by atoms with van der Waals surface area (Å²) in [7, 11) is 0. The van der Waals surface area contributed by atoms with Crippen LogP contribution < -0.4 is 10.2 Å². The average molecular weight is 430 g/mol. The zero-order valence-corrected chi connectivity index (χ0v) is 16.5. The lowest BCUT2D eigenvalue weighted by Crippen LogP contribution is -2.18. The molecule has 0 atom stereocenters. The van der Waals surface area contributed by atoms with E-state index in [4.69, 9.17) is 11.6 Å². The van der Waals surface area contributed by atoms with Crippen LogP contribution in [0.15, 0.2) is 59.1 Å². The molecule has 5 heteroatoms. The van der Waals surface area contributed by atoms with Gasteiger partial charge in [-0.25, -0.2) is 0 Å². The number of hydrogen-bond acceptors (Lipinski definition) is 2. The number of fused-ring (bicyclic) bond motifs is 1. The van der Waals surface area contributed by atoms with Gasteiger partial charge in [-0.3, -0.25) is 4.79 Å². The molecule has 0 aromatic heterocycles. The number of nitrogens with one attached hydrogen (secondary N) is 1. The second-order valence-corrected chi connectivity index (χ2v) is 7.72. The molecule has 0 unspecified atom stereocenters. The minimum atomic E-state index is -0.140. The van der Waals surface area contributed by atoms with E-state index in [1.807, 2.05) is 54.6 Å². The molecule has 0 aliphatic carbocycles. The van der Waals surface area contributed by atoms with E-state index in [0.717, 1.165) is 34.0 Å². The summed E-state index contributed by atoms with van der Waals surface area (Å²) in [6.45, 7) is 2.08. The molecular weight excluding hydrogens is 412 g/mol. The Morgan fingerprint density at radius 3 is 2.50 bits per heavy atom. The van der Waals surface area contributed by atoms with E-state index >= 15 is 0 Å². The fraction of sp³-hybridized carbons (Fsp3) is 0.190. The van der Waals surface area contributed by atoms with E-state index < -0.39 is 0 Å². The van der Waals surface area contributed by atoms with Gasteiger partial charge in [0.1, 0.15) is 0 Å². The summed E-state index contributed by atoms with van der Waals surface area (Å²) >= 11 is 10.00. The Morgan fingerprint density at radius 2 is 1.73 bits per heavy atom. The molecule has 1 fully saturated rings. The van der Waals surface area contributed by atoms with E-state index in [-0.39, 0.29) is 5.91 Å². The number of hydrogen-bond donors (Lipinski definition) is 1. The molecule has 132 valence electrons. The second kappa shape index (κ2) is 7.29. The lowest BCUT2D eigenvalue weighted by molar-refractivity contribution is 0.102. The SMILES string of the molecule is O=C(Nc1ccc(N2CCCC2)c(Cl)c1)c1cccc2c(Br)cccc12. The number of rotatable bonds is 3. The van der Waals surface area contributed by atoms with E-state index in [0.29, 0.717) is 16.3 Å². The van der Waals surface area contributed by atoms with Gasteiger partial charge in [0.05, 0.1) is 10.7 Å². The fourth-order valence-corrected chi connectivity index (χ4v) is 4.27. The predicted molar refractivity (Wildman–Crippen MR) is 113 cm³/mol. The van der Waals surface area contributed by atoms with Crippen molar-refractivity contribution in [3.05, 3.63) is 69.7 Å². The molecule has 0 radical (unpaired) electrons. The van der Waals surface area contributed by atoms with Crippen LogP contribution in [0.5, 0.6) is 0 Å². The summed E-state index contributed by atoms with van der Waals surface area (Å²) in [6.07, 6.45) is 2.40. The lowest BCUT2D eigenvalue weighted by Gasteiger charge is -2.19. The third kappa shape index (κ3) is 3.31. The van der Waals surface area contributed by atoms with Gasteiger partial charge in [0.25, 0.3) is 5.91 Å². The van der Waals surface area contributed by atoms with Crippen LogP contribution in [-0.2, 0) is 0 Å². The Morgan fingerprint density at radius 1 is 1.00 bits per heavy atom. The minimum absolute atomic E-state index is 0.140. The molecule has 0 saturated carbocycles. The van der Waals surface area contributed by atoms with Gasteiger partial charge in [0.15, 0.2) is 0 Å². The predicted octanol–water partition coefficient (Wildman–Crippen LogP) is 6.11. The summed E-state index contributed by atoms with van der Waals surface area (Å²) in [5, 5.41) is 5.58. The smallest absolute Gasteiger partial charge is 0.256 e. The summed E-state index contributed by atoms with van der Waals surface area (Å²) in [5.41, 5.74) is 2.38. The molecule has 0 bridgehead atoms. The average Bonchev–Trinajstić information content (AvgIpc) is 3.16. The standard InChI is InChI=1S/C21H18BrClN2O/c22-18-8-4-5-15-16(18)6-3-7-17(15)21(26)24-14-9-10-20(19(23)13-14)25-11-1-2-12-25/h3-10,13H,1-2,11-12H2,(H,24,26). The number of anilines is 2. The first-order valence-electron chi connectivity index (χ1n) is 8.66. The quantitative estimate of drug-likeness (QED) is 0.545. The van der Waals surface area contributed by atoms with E-state index in [9.17, 15) is 4.79 Å². The van der Waals surface area contributed by atoms with Gasteiger partial charge in [0.2, 0.25) is 0 Å². The van der Waals surface area contributed by atoms with Gasteiger partial charge in [-0.2, -0.15) is 0 Å². The Kier molecular flexibility index (Phi) is 4.88. The summed E-state index contributed by atoms with van der Waals surface area (Å²) in [5.74, 6) is -0.140. The van der Waals surface area contributed by atoms with E-state index in [1.165, 1.54) is 12.8 Å². The van der Waals surface area contributed by atoms with E-state index in [1.54, 1.807) is 0 Å². The van der Waals surface area contributed by atoms with Crippen molar-refractivity contribution in [2.24, 2.45) is 0 Å². The van der Waals surface area contributed by atoms with Crippen LogP contribution in [0.4, 0.5) is 11.4 Å². The van der Waals surface area contributed by atoms with Gasteiger partial charge >= 0.3 is 0 Å². The van der Waals surface area contributed by atoms with Crippen LogP contribution >= 0.6 is 27.5 Å². The third-order valence-electron chi connectivity index (χ3n) is 4.77. The van der Waals surface area contributed by atoms with Crippen molar-refractivity contribution in [3.63, 3.8) is 0 Å². The van der Waals surface area contributed by atoms with Crippen LogP contribution in [0.1, 0.15) is 23.2 Å². The Hall–Kier alpha value is -2.04. The fourth-order valence-electron chi connectivity index (χ4n) is 3.47. The molecule has 1 saturated heterocycles. The molecule has 1 N–H and O–H groups in total. The van der Waals surface area contributed by atoms with E-state index in [2.05, 4.69) is 26.1 Å². The Labute approximate surface area is 166 Å². The highest BCUT2D eigenvalue weighted by molar-refractivity contribution is 9.10. The molecular formula is C21H18BrClN2O. The van der Waals surface area contributed by atoms with Crippen molar-refractivity contribution in [3.8, 4) is 0 Å². The maximum atomic E-state index is 12.8. The second-order valence-electron chi connectivity index (χ2n) is 6.45. The maximum absolute atomic E-state index is 12.8. The highest BCUT2D eigenvalue weighted by atomic mass is 79.9. The number of carbonyl (C=O) groups excluding carboxylic acids is 1. The first-order valence-corrected chi connectivity index (χ1v) is 9.84. The van der Waals surface area contributed by atoms with Gasteiger partial charge < -0.3 is 10.2 Å². The van der Waals surface area contributed by atoms with Gasteiger partial charge in [-0.15, -0.1) is 0 Å². The first-order chi connectivity index (χ1) is 12.6. The number of halogens is 2. The molecule has 1 aliphatic heterocycles. The molecule has 1 amide bonds. The van der Waals surface area contributed by atoms with Crippen LogP contribution in [0.3, 0.4) is 0 Å². The van der Waals surface area contributed by atoms with Crippen molar-refractivity contribution in [2.45, 2.75) is 12.8 Å². The van der Waals surface area contributed by atoms with Crippen molar-refractivity contribution in [1.82, 2.24) is 0 Å². The molecule has 3 nitrogen and oxygen atoms in total. The monoisotopic (exact) mass is 428 g/mol. The molecule has 1 aliphatic rings. The maximum Gasteiger partial charge on any atom is 0.256 e. The zero-order valence-electron chi connectivity index (χ0n) is 14.1. The zero-order chi connectivity index (χ0) is 18.1. The number of nitrogens with zero attached hydrogens (tertiary/aromatic N) is 1. The van der Waals surface area contributed by atoms with Crippen LogP contribution in [0.25, 0.3) is 10.8 Å². The van der Waals surface area contributed by atoms with Gasteiger partial charge in [-0.1, -0.05) is 51.8 Å². The summed E-state index contributed by atoms with van der Waals surface area (Å²) < 4.78 is 0.975. The van der Waals surface area contributed by atoms with Crippen LogP contribution in [0, 0.1) is 0 Å². The molecule has 3 aromatic rings. The Balaban J connectivity index is 1.61. The van der Waals surface area contributed by atoms with Crippen molar-refractivity contribution < 1.29 is 4.79 Å². The molecule has 26 heavy (non-hydrogen) atoms. The van der Waals surface area contributed by atoms with Crippen molar-refractivity contribution in [2.75, 3.05) is 23.3 Å². The van der Waals surface area contributed by atoms with Crippen molar-refractivity contribution in [1.29, 1.82) is 0 Å². The topological polar surface area (TPSA) is 32.3 Å². The highest BCUT2D eigenvalue weighted by Crippen LogP contribution is 2.32. The number of amides is 1. The third-order valence-corrected chi connectivity index (χ3v) is 5.76. The molecule has 3 aromatic carbocycles. The highest BCUT2D eigenvalue weighted by Gasteiger charge is 2.16. The lowest BCUT2D eigenvalue weighted by atomic mass is 10.0. The van der Waals surface area contributed by atoms with Gasteiger partial charge in [0, 0.05) is 28.8 Å². The van der Waals surface area contributed by atoms with Crippen LogP contribution in [-0.4, -0.2) is 19.0 Å². The summed E-state index contributed by atoms with van der Waals surface area (Å²) in [4.78, 5) is 15.1. The number of carbonyl (C=O) groups is 1. The molecule has 0 spiro atoms. The Bertz CT molecular complexity index is 983. The first kappa shape index (κ1) is 17.4. The largest absolute Gasteiger partial charge is 0.370 e. The minimum Gasteiger partial charge on any atom is -0.370 e.